The first kappa shape index (κ1) is 41.6. The molecule has 1 unspecified atom stereocenters. The van der Waals surface area contributed by atoms with E-state index in [4.69, 9.17) is 5.73 Å². The van der Waals surface area contributed by atoms with Crippen molar-refractivity contribution in [2.24, 2.45) is 5.73 Å². The maximum absolute atomic E-state index is 14.0. The second-order valence-corrected chi connectivity index (χ2v) is 12.9. The molecule has 2 heterocycles. The summed E-state index contributed by atoms with van der Waals surface area (Å²) < 4.78 is 0. The molecular weight excluding hydrogens is 688 g/mol. The minimum atomic E-state index is -1.34. The van der Waals surface area contributed by atoms with Gasteiger partial charge in [-0.1, -0.05) is 50.1 Å². The Balaban J connectivity index is 2.00. The van der Waals surface area contributed by atoms with Gasteiger partial charge in [-0.15, -0.1) is 0 Å². The molecule has 10 N–H and O–H groups in total. The highest BCUT2D eigenvalue weighted by Gasteiger charge is 2.33. The average molecular weight is 739 g/mol. The first-order chi connectivity index (χ1) is 25.3. The summed E-state index contributed by atoms with van der Waals surface area (Å²) in [4.78, 5) is 112. The number of aromatic amines is 1. The number of nitrogens with zero attached hydrogens (tertiary/aromatic N) is 1. The van der Waals surface area contributed by atoms with Crippen LogP contribution in [0.25, 0.3) is 0 Å². The molecule has 0 spiro atoms. The van der Waals surface area contributed by atoms with Crippen molar-refractivity contribution in [3.8, 4) is 0 Å². The fourth-order valence-corrected chi connectivity index (χ4v) is 5.57. The number of hydrogen-bond acceptors (Lipinski definition) is 9. The molecule has 1 aliphatic rings. The van der Waals surface area contributed by atoms with Gasteiger partial charge in [-0.25, -0.2) is 4.98 Å². The predicted octanol–water partition coefficient (Wildman–Crippen LogP) is -1.88. The van der Waals surface area contributed by atoms with Crippen LogP contribution in [0.1, 0.15) is 70.6 Å². The number of imidazole rings is 1. The van der Waals surface area contributed by atoms with Crippen molar-refractivity contribution in [1.82, 2.24) is 47.2 Å². The number of nitrogens with one attached hydrogen (secondary N) is 8. The van der Waals surface area contributed by atoms with Gasteiger partial charge in [-0.05, 0) is 31.7 Å². The zero-order chi connectivity index (χ0) is 38.9. The summed E-state index contributed by atoms with van der Waals surface area (Å²) in [6.07, 6.45) is 3.83. The van der Waals surface area contributed by atoms with E-state index in [9.17, 15) is 38.4 Å². The van der Waals surface area contributed by atoms with Crippen LogP contribution in [0.15, 0.2) is 42.9 Å². The Morgan fingerprint density at radius 3 is 2.23 bits per heavy atom. The Bertz CT molecular complexity index is 1590. The van der Waals surface area contributed by atoms with Gasteiger partial charge in [0.2, 0.25) is 47.3 Å². The fraction of sp³-hybridized carbons (Fsp3) is 0.514. The van der Waals surface area contributed by atoms with Crippen LogP contribution in [-0.2, 0) is 51.2 Å². The lowest BCUT2D eigenvalue weighted by Gasteiger charge is -2.27. The molecule has 3 rings (SSSR count). The predicted molar refractivity (Wildman–Crippen MR) is 191 cm³/mol. The number of H-pyrrole nitrogens is 1. The van der Waals surface area contributed by atoms with Gasteiger partial charge < -0.3 is 47.9 Å². The number of primary amides is 1. The van der Waals surface area contributed by atoms with E-state index in [1.807, 2.05) is 6.92 Å². The quantitative estimate of drug-likeness (QED) is 0.125. The number of carbonyl (C=O) groups is 8. The van der Waals surface area contributed by atoms with Crippen molar-refractivity contribution in [2.45, 2.75) is 108 Å². The Morgan fingerprint density at radius 2 is 1.58 bits per heavy atom. The third kappa shape index (κ3) is 14.0. The summed E-state index contributed by atoms with van der Waals surface area (Å²) >= 11 is 0. The van der Waals surface area contributed by atoms with Crippen molar-refractivity contribution in [1.29, 1.82) is 0 Å². The molecule has 6 atom stereocenters. The van der Waals surface area contributed by atoms with Gasteiger partial charge in [0.25, 0.3) is 0 Å². The normalized spacial score (nSPS) is 22.9. The minimum Gasteiger partial charge on any atom is -0.368 e. The van der Waals surface area contributed by atoms with E-state index in [0.717, 1.165) is 6.42 Å². The molecule has 1 saturated heterocycles. The lowest BCUT2D eigenvalue weighted by atomic mass is 10.0. The highest BCUT2D eigenvalue weighted by Crippen LogP contribution is 2.09. The lowest BCUT2D eigenvalue weighted by molar-refractivity contribution is -0.135. The van der Waals surface area contributed by atoms with Gasteiger partial charge in [-0.3, -0.25) is 38.4 Å². The van der Waals surface area contributed by atoms with Gasteiger partial charge >= 0.3 is 0 Å². The monoisotopic (exact) mass is 738 g/mol. The van der Waals surface area contributed by atoms with Crippen LogP contribution in [-0.4, -0.2) is 100 Å². The van der Waals surface area contributed by atoms with E-state index in [2.05, 4.69) is 47.2 Å². The molecule has 2 aromatic rings. The van der Waals surface area contributed by atoms with Crippen LogP contribution in [0.4, 0.5) is 0 Å². The highest BCUT2D eigenvalue weighted by atomic mass is 16.2. The number of benzene rings is 1. The van der Waals surface area contributed by atoms with Crippen molar-refractivity contribution in [3.05, 3.63) is 54.1 Å². The smallest absolute Gasteiger partial charge is 0.243 e. The van der Waals surface area contributed by atoms with E-state index in [1.54, 1.807) is 30.3 Å². The summed E-state index contributed by atoms with van der Waals surface area (Å²) in [6.45, 7) is 4.50. The van der Waals surface area contributed by atoms with Crippen LogP contribution in [0, 0.1) is 0 Å². The zero-order valence-electron chi connectivity index (χ0n) is 30.2. The summed E-state index contributed by atoms with van der Waals surface area (Å²) in [5.41, 5.74) is 6.65. The van der Waals surface area contributed by atoms with Crippen LogP contribution < -0.4 is 43.0 Å². The Kier molecular flexibility index (Phi) is 16.4. The number of unbranched alkanes of at least 4 members (excludes halogenated alkanes) is 1. The number of aromatic nitrogens is 2. The minimum absolute atomic E-state index is 0.0101. The summed E-state index contributed by atoms with van der Waals surface area (Å²) in [5, 5.41) is 18.3. The average Bonchev–Trinajstić information content (AvgIpc) is 3.63. The van der Waals surface area contributed by atoms with Crippen LogP contribution in [0.2, 0.25) is 0 Å². The first-order valence-corrected chi connectivity index (χ1v) is 17.6. The largest absolute Gasteiger partial charge is 0.368 e. The Morgan fingerprint density at radius 1 is 0.906 bits per heavy atom. The summed E-state index contributed by atoms with van der Waals surface area (Å²) in [5.74, 6) is -5.53. The lowest BCUT2D eigenvalue weighted by Crippen LogP contribution is -2.60. The van der Waals surface area contributed by atoms with E-state index in [0.29, 0.717) is 24.1 Å². The number of amides is 8. The highest BCUT2D eigenvalue weighted by molar-refractivity contribution is 5.97. The molecule has 288 valence electrons. The van der Waals surface area contributed by atoms with Gasteiger partial charge in [0.1, 0.15) is 36.3 Å². The van der Waals surface area contributed by atoms with Gasteiger partial charge in [0.15, 0.2) is 0 Å². The van der Waals surface area contributed by atoms with Crippen molar-refractivity contribution in [2.75, 3.05) is 6.54 Å². The molecule has 1 aromatic heterocycles. The van der Waals surface area contributed by atoms with Crippen molar-refractivity contribution >= 4 is 47.3 Å². The van der Waals surface area contributed by atoms with E-state index in [-0.39, 0.29) is 38.6 Å². The molecule has 0 saturated carbocycles. The second-order valence-electron chi connectivity index (χ2n) is 12.9. The Labute approximate surface area is 307 Å². The molecular formula is C35H50N10O8. The maximum atomic E-state index is 14.0. The number of hydrogen-bond donors (Lipinski definition) is 9. The molecule has 1 aliphatic heterocycles. The maximum Gasteiger partial charge on any atom is 0.243 e. The zero-order valence-corrected chi connectivity index (χ0v) is 30.2. The summed E-state index contributed by atoms with van der Waals surface area (Å²) in [7, 11) is 0. The molecule has 0 aliphatic carbocycles. The van der Waals surface area contributed by atoms with Crippen LogP contribution >= 0.6 is 0 Å². The SMILES string of the molecule is CCCC[C@H](NC(C)=O)C(=O)N[C@H]1CCC(=O)NCCC(C(N)=O)NC(=O)[C@H](C)NC(=O)[C@@H](Cc2ccccc2)NC(=O)[C@H](Cc2cnc[nH]2)NC1=O. The van der Waals surface area contributed by atoms with Crippen LogP contribution in [0.5, 0.6) is 0 Å². The number of carbonyl (C=O) groups excluding carboxylic acids is 8. The van der Waals surface area contributed by atoms with E-state index < -0.39 is 83.5 Å². The molecule has 18 nitrogen and oxygen atoms in total. The third-order valence-corrected chi connectivity index (χ3v) is 8.53. The van der Waals surface area contributed by atoms with Crippen molar-refractivity contribution in [3.63, 3.8) is 0 Å². The van der Waals surface area contributed by atoms with E-state index >= 15 is 0 Å². The molecule has 53 heavy (non-hydrogen) atoms. The van der Waals surface area contributed by atoms with E-state index in [1.165, 1.54) is 26.4 Å². The molecule has 1 aromatic carbocycles. The molecule has 0 bridgehead atoms. The molecule has 0 radical (unpaired) electrons. The number of nitrogens with two attached hydrogens (primary N) is 1. The molecule has 1 fully saturated rings. The van der Waals surface area contributed by atoms with Gasteiger partial charge in [-0.2, -0.15) is 0 Å². The first-order valence-electron chi connectivity index (χ1n) is 17.6. The number of rotatable bonds is 11. The van der Waals surface area contributed by atoms with Gasteiger partial charge in [0, 0.05) is 44.6 Å². The standard InChI is InChI=1S/C35H50N10O8/c1-4-5-11-25(41-21(3)46)32(50)43-26-12-13-29(47)38-15-14-24(30(36)48)42-31(49)20(2)40-34(52)27(16-22-9-7-6-8-10-22)44-35(53)28(45-33(26)51)17-23-18-37-19-39-23/h6-10,18-20,24-28H,4-5,11-17H2,1-3H3,(H2,36,48)(H,37,39)(H,38,47)(H,40,52)(H,41,46)(H,42,49)(H,43,50)(H,44,53)(H,45,51)/t20-,24?,25-,26-,27+,28-/m0/s1. The van der Waals surface area contributed by atoms with Crippen LogP contribution in [0.3, 0.4) is 0 Å². The third-order valence-electron chi connectivity index (χ3n) is 8.53. The Hall–Kier alpha value is -5.81. The molecule has 18 heteroatoms. The van der Waals surface area contributed by atoms with Gasteiger partial charge in [0.05, 0.1) is 6.33 Å². The topological polar surface area (TPSA) is 275 Å². The molecule has 8 amide bonds. The van der Waals surface area contributed by atoms with Crippen molar-refractivity contribution < 1.29 is 38.4 Å². The summed E-state index contributed by atoms with van der Waals surface area (Å²) in [6, 6.07) is 1.59. The second kappa shape index (κ2) is 20.9. The fourth-order valence-electron chi connectivity index (χ4n) is 5.57.